The molecule has 0 aliphatic rings. The SMILES string of the molecule is Cc1c(C(=O)Nc2ccc(F)cc2F)nnn1-c1cccc(C(F)(F)F)c1. The number of carbonyl (C=O) groups is 1. The van der Waals surface area contributed by atoms with Gasteiger partial charge in [0.2, 0.25) is 0 Å². The number of hydrogen-bond acceptors (Lipinski definition) is 3. The number of nitrogens with one attached hydrogen (secondary N) is 1. The van der Waals surface area contributed by atoms with Crippen LogP contribution in [-0.4, -0.2) is 20.9 Å². The van der Waals surface area contributed by atoms with Gasteiger partial charge >= 0.3 is 6.18 Å². The van der Waals surface area contributed by atoms with Gasteiger partial charge in [-0.25, -0.2) is 13.5 Å². The van der Waals surface area contributed by atoms with Gasteiger partial charge in [-0.2, -0.15) is 13.2 Å². The van der Waals surface area contributed by atoms with E-state index in [0.29, 0.717) is 6.07 Å². The van der Waals surface area contributed by atoms with Gasteiger partial charge in [0.05, 0.1) is 22.6 Å². The number of halogens is 5. The first-order valence-corrected chi connectivity index (χ1v) is 7.53. The van der Waals surface area contributed by atoms with Crippen LogP contribution in [0.5, 0.6) is 0 Å². The van der Waals surface area contributed by atoms with E-state index in [1.807, 2.05) is 0 Å². The van der Waals surface area contributed by atoms with Crippen molar-refractivity contribution in [1.29, 1.82) is 0 Å². The zero-order chi connectivity index (χ0) is 19.8. The van der Waals surface area contributed by atoms with Gasteiger partial charge in [0.15, 0.2) is 5.69 Å². The van der Waals surface area contributed by atoms with Gasteiger partial charge in [0, 0.05) is 6.07 Å². The second-order valence-corrected chi connectivity index (χ2v) is 5.56. The molecule has 1 heterocycles. The molecule has 5 nitrogen and oxygen atoms in total. The van der Waals surface area contributed by atoms with Crippen LogP contribution in [-0.2, 0) is 6.18 Å². The smallest absolute Gasteiger partial charge is 0.318 e. The number of benzene rings is 2. The molecule has 10 heteroatoms. The minimum absolute atomic E-state index is 0.0573. The van der Waals surface area contributed by atoms with E-state index >= 15 is 0 Å². The zero-order valence-electron chi connectivity index (χ0n) is 13.7. The Balaban J connectivity index is 1.90. The molecule has 1 N–H and O–H groups in total. The van der Waals surface area contributed by atoms with Gasteiger partial charge in [-0.05, 0) is 37.3 Å². The molecule has 3 aromatic rings. The van der Waals surface area contributed by atoms with E-state index < -0.39 is 29.3 Å². The maximum atomic E-state index is 13.7. The number of rotatable bonds is 3. The summed E-state index contributed by atoms with van der Waals surface area (Å²) in [6.45, 7) is 1.43. The minimum Gasteiger partial charge on any atom is -0.318 e. The number of amides is 1. The average molecular weight is 382 g/mol. The van der Waals surface area contributed by atoms with Gasteiger partial charge in [-0.15, -0.1) is 5.10 Å². The Labute approximate surface area is 149 Å². The molecule has 0 spiro atoms. The summed E-state index contributed by atoms with van der Waals surface area (Å²) in [5, 5.41) is 9.56. The summed E-state index contributed by atoms with van der Waals surface area (Å²) in [6.07, 6.45) is -4.54. The lowest BCUT2D eigenvalue weighted by molar-refractivity contribution is -0.137. The van der Waals surface area contributed by atoms with Crippen LogP contribution in [0.25, 0.3) is 5.69 Å². The van der Waals surface area contributed by atoms with Crippen LogP contribution in [0.15, 0.2) is 42.5 Å². The molecule has 1 amide bonds. The number of nitrogens with zero attached hydrogens (tertiary/aromatic N) is 3. The van der Waals surface area contributed by atoms with Crippen LogP contribution < -0.4 is 5.32 Å². The van der Waals surface area contributed by atoms with Crippen molar-refractivity contribution < 1.29 is 26.7 Å². The van der Waals surface area contributed by atoms with Crippen LogP contribution in [0.3, 0.4) is 0 Å². The first-order chi connectivity index (χ1) is 12.7. The van der Waals surface area contributed by atoms with Crippen molar-refractivity contribution in [1.82, 2.24) is 15.0 Å². The van der Waals surface area contributed by atoms with Crippen LogP contribution >= 0.6 is 0 Å². The van der Waals surface area contributed by atoms with Crippen LogP contribution in [0.2, 0.25) is 0 Å². The summed E-state index contributed by atoms with van der Waals surface area (Å²) in [6, 6.07) is 6.94. The molecule has 0 unspecified atom stereocenters. The largest absolute Gasteiger partial charge is 0.416 e. The van der Waals surface area contributed by atoms with Gasteiger partial charge in [0.25, 0.3) is 5.91 Å². The van der Waals surface area contributed by atoms with Crippen molar-refractivity contribution in [2.24, 2.45) is 0 Å². The maximum absolute atomic E-state index is 13.7. The summed E-state index contributed by atoms with van der Waals surface area (Å²) >= 11 is 0. The van der Waals surface area contributed by atoms with Crippen LogP contribution in [0.1, 0.15) is 21.7 Å². The van der Waals surface area contributed by atoms with E-state index in [1.54, 1.807) is 0 Å². The molecule has 0 saturated heterocycles. The highest BCUT2D eigenvalue weighted by Gasteiger charge is 2.31. The Bertz CT molecular complexity index is 1010. The minimum atomic E-state index is -4.54. The predicted octanol–water partition coefficient (Wildman–Crippen LogP) is 4.13. The topological polar surface area (TPSA) is 59.8 Å². The molecular formula is C17H11F5N4O. The molecule has 0 bridgehead atoms. The molecular weight excluding hydrogens is 371 g/mol. The lowest BCUT2D eigenvalue weighted by atomic mass is 10.2. The number of carbonyl (C=O) groups excluding carboxylic acids is 1. The fourth-order valence-electron chi connectivity index (χ4n) is 2.37. The Morgan fingerprint density at radius 3 is 2.52 bits per heavy atom. The molecule has 0 aliphatic carbocycles. The second-order valence-electron chi connectivity index (χ2n) is 5.56. The highest BCUT2D eigenvalue weighted by Crippen LogP contribution is 2.30. The molecule has 0 aliphatic heterocycles. The zero-order valence-corrected chi connectivity index (χ0v) is 13.7. The third-order valence-corrected chi connectivity index (χ3v) is 3.71. The lowest BCUT2D eigenvalue weighted by Gasteiger charge is -2.09. The Hall–Kier alpha value is -3.30. The van der Waals surface area contributed by atoms with Crippen molar-refractivity contribution in [2.45, 2.75) is 13.1 Å². The van der Waals surface area contributed by atoms with Gasteiger partial charge in [-0.3, -0.25) is 4.79 Å². The van der Waals surface area contributed by atoms with Crippen molar-refractivity contribution in [2.75, 3.05) is 5.32 Å². The number of alkyl halides is 3. The Morgan fingerprint density at radius 2 is 1.85 bits per heavy atom. The van der Waals surface area contributed by atoms with Gasteiger partial charge in [-0.1, -0.05) is 11.3 Å². The molecule has 0 atom stereocenters. The standard InChI is InChI=1S/C17H11F5N4O/c1-9-15(16(27)23-14-6-5-11(18)8-13(14)19)24-25-26(9)12-4-2-3-10(7-12)17(20,21)22/h2-8H,1H3,(H,23,27). The molecule has 0 fully saturated rings. The van der Waals surface area contributed by atoms with Crippen molar-refractivity contribution in [3.05, 3.63) is 71.1 Å². The summed E-state index contributed by atoms with van der Waals surface area (Å²) in [4.78, 5) is 12.3. The quantitative estimate of drug-likeness (QED) is 0.693. The molecule has 3 rings (SSSR count). The highest BCUT2D eigenvalue weighted by atomic mass is 19.4. The van der Waals surface area contributed by atoms with Crippen molar-refractivity contribution in [3.8, 4) is 5.69 Å². The van der Waals surface area contributed by atoms with E-state index in [2.05, 4.69) is 15.6 Å². The van der Waals surface area contributed by atoms with E-state index in [0.717, 1.165) is 28.9 Å². The van der Waals surface area contributed by atoms with E-state index in [9.17, 15) is 26.7 Å². The fourth-order valence-corrected chi connectivity index (χ4v) is 2.37. The van der Waals surface area contributed by atoms with Gasteiger partial charge in [0.1, 0.15) is 11.6 Å². The Morgan fingerprint density at radius 1 is 1.11 bits per heavy atom. The molecule has 0 radical (unpaired) electrons. The first-order valence-electron chi connectivity index (χ1n) is 7.53. The third-order valence-electron chi connectivity index (χ3n) is 3.71. The van der Waals surface area contributed by atoms with E-state index in [4.69, 9.17) is 0 Å². The molecule has 1 aromatic heterocycles. The fraction of sp³-hybridized carbons (Fsp3) is 0.118. The third kappa shape index (κ3) is 3.78. The monoisotopic (exact) mass is 382 g/mol. The summed E-state index contributed by atoms with van der Waals surface area (Å²) < 4.78 is 66.2. The number of hydrogen-bond donors (Lipinski definition) is 1. The lowest BCUT2D eigenvalue weighted by Crippen LogP contribution is -2.15. The first kappa shape index (κ1) is 18.5. The summed E-state index contributed by atoms with van der Waals surface area (Å²) in [5.74, 6) is -2.63. The Kier molecular flexibility index (Phi) is 4.64. The molecule has 2 aromatic carbocycles. The molecule has 0 saturated carbocycles. The van der Waals surface area contributed by atoms with Crippen molar-refractivity contribution >= 4 is 11.6 Å². The highest BCUT2D eigenvalue weighted by molar-refractivity contribution is 6.03. The normalized spacial score (nSPS) is 11.5. The number of aromatic nitrogens is 3. The van der Waals surface area contributed by atoms with E-state index in [-0.39, 0.29) is 22.8 Å². The average Bonchev–Trinajstić information content (AvgIpc) is 2.98. The predicted molar refractivity (Wildman–Crippen MR) is 85.4 cm³/mol. The summed E-state index contributed by atoms with van der Waals surface area (Å²) in [5.41, 5.74) is -1.16. The summed E-state index contributed by atoms with van der Waals surface area (Å²) in [7, 11) is 0. The maximum Gasteiger partial charge on any atom is 0.416 e. The van der Waals surface area contributed by atoms with Crippen LogP contribution in [0.4, 0.5) is 27.6 Å². The van der Waals surface area contributed by atoms with Crippen molar-refractivity contribution in [3.63, 3.8) is 0 Å². The van der Waals surface area contributed by atoms with E-state index in [1.165, 1.54) is 19.1 Å². The number of anilines is 1. The van der Waals surface area contributed by atoms with Crippen LogP contribution in [0, 0.1) is 18.6 Å². The second kappa shape index (κ2) is 6.78. The molecule has 27 heavy (non-hydrogen) atoms. The molecule has 140 valence electrons. The van der Waals surface area contributed by atoms with Gasteiger partial charge < -0.3 is 5.32 Å².